The lowest BCUT2D eigenvalue weighted by molar-refractivity contribution is -0.156. The van der Waals surface area contributed by atoms with Crippen molar-refractivity contribution in [1.82, 2.24) is 5.32 Å². The van der Waals surface area contributed by atoms with Crippen LogP contribution in [0.15, 0.2) is 41.0 Å². The number of benzene rings is 1. The molecule has 2 atom stereocenters. The van der Waals surface area contributed by atoms with E-state index in [-0.39, 0.29) is 11.7 Å². The lowest BCUT2D eigenvalue weighted by Crippen LogP contribution is -2.47. The minimum atomic E-state index is -1.07. The Bertz CT molecular complexity index is 860. The third-order valence-electron chi connectivity index (χ3n) is 4.23. The van der Waals surface area contributed by atoms with E-state index in [0.717, 1.165) is 5.56 Å². The third-order valence-corrected chi connectivity index (χ3v) is 4.23. The minimum absolute atomic E-state index is 0.0841. The maximum Gasteiger partial charge on any atom is 0.329 e. The summed E-state index contributed by atoms with van der Waals surface area (Å²) in [4.78, 5) is 37.2. The Balaban J connectivity index is 2.02. The molecule has 0 saturated carbocycles. The lowest BCUT2D eigenvalue weighted by atomic mass is 10.0. The first kappa shape index (κ1) is 22.0. The molecule has 1 aromatic heterocycles. The normalized spacial score (nSPS) is 12.8. The van der Waals surface area contributed by atoms with E-state index in [1.165, 1.54) is 26.4 Å². The van der Waals surface area contributed by atoms with E-state index in [1.807, 2.05) is 13.0 Å². The molecule has 0 aliphatic carbocycles. The number of esters is 1. The number of anilines is 1. The van der Waals surface area contributed by atoms with Crippen molar-refractivity contribution >= 4 is 23.5 Å². The highest BCUT2D eigenvalue weighted by Gasteiger charge is 2.30. The molecule has 0 saturated heterocycles. The monoisotopic (exact) mass is 402 g/mol. The van der Waals surface area contributed by atoms with Crippen LogP contribution >= 0.6 is 0 Å². The number of methoxy groups -OCH3 is 1. The fraction of sp³-hybridized carbons (Fsp3) is 0.381. The molecule has 0 fully saturated rings. The van der Waals surface area contributed by atoms with Crippen LogP contribution in [0.5, 0.6) is 5.75 Å². The molecule has 0 radical (unpaired) electrons. The van der Waals surface area contributed by atoms with Crippen molar-refractivity contribution in [3.05, 3.63) is 47.9 Å². The summed E-state index contributed by atoms with van der Waals surface area (Å²) in [6.45, 7) is 6.86. The second-order valence-electron chi connectivity index (χ2n) is 6.94. The van der Waals surface area contributed by atoms with E-state index in [9.17, 15) is 14.4 Å². The Hall–Kier alpha value is -3.29. The van der Waals surface area contributed by atoms with Crippen LogP contribution in [0.1, 0.15) is 36.9 Å². The molecular formula is C21H26N2O6. The Morgan fingerprint density at radius 3 is 2.41 bits per heavy atom. The topological polar surface area (TPSA) is 107 Å². The minimum Gasteiger partial charge on any atom is -0.495 e. The molecule has 2 rings (SSSR count). The predicted molar refractivity (Wildman–Crippen MR) is 107 cm³/mol. The van der Waals surface area contributed by atoms with Gasteiger partial charge in [-0.15, -0.1) is 0 Å². The van der Waals surface area contributed by atoms with Crippen LogP contribution in [0.2, 0.25) is 0 Å². The zero-order chi connectivity index (χ0) is 21.6. The maximum atomic E-state index is 12.6. The molecule has 29 heavy (non-hydrogen) atoms. The molecule has 2 amide bonds. The average molecular weight is 402 g/mol. The van der Waals surface area contributed by atoms with E-state index in [0.29, 0.717) is 11.4 Å². The first-order valence-corrected chi connectivity index (χ1v) is 9.23. The Morgan fingerprint density at radius 2 is 1.83 bits per heavy atom. The molecule has 156 valence electrons. The van der Waals surface area contributed by atoms with Gasteiger partial charge in [0.2, 0.25) is 0 Å². The van der Waals surface area contributed by atoms with Crippen LogP contribution in [0.4, 0.5) is 5.69 Å². The molecule has 8 heteroatoms. The van der Waals surface area contributed by atoms with Gasteiger partial charge in [-0.1, -0.05) is 19.9 Å². The van der Waals surface area contributed by atoms with Gasteiger partial charge in [0.05, 0.1) is 19.1 Å². The van der Waals surface area contributed by atoms with Crippen molar-refractivity contribution in [1.29, 1.82) is 0 Å². The number of amides is 2. The van der Waals surface area contributed by atoms with E-state index in [1.54, 1.807) is 32.0 Å². The highest BCUT2D eigenvalue weighted by Crippen LogP contribution is 2.25. The summed E-state index contributed by atoms with van der Waals surface area (Å²) in [5.41, 5.74) is 1.41. The standard InChI is InChI=1S/C21H26N2O6/c1-12(2)18(23-20(25)17-7-6-10-28-17)21(26)29-14(4)19(24)22-15-11-13(3)8-9-16(15)27-5/h6-12,14,18H,1-5H3,(H,22,24)(H,23,25)/t14-,18+/m1/s1. The first-order valence-electron chi connectivity index (χ1n) is 9.23. The SMILES string of the molecule is COc1ccc(C)cc1NC(=O)[C@@H](C)OC(=O)[C@@H](NC(=O)c1ccco1)C(C)C. The van der Waals surface area contributed by atoms with Gasteiger partial charge in [0.1, 0.15) is 11.8 Å². The average Bonchev–Trinajstić information content (AvgIpc) is 3.20. The van der Waals surface area contributed by atoms with Crippen LogP contribution < -0.4 is 15.4 Å². The number of carbonyl (C=O) groups is 3. The summed E-state index contributed by atoms with van der Waals surface area (Å²) in [6.07, 6.45) is 0.290. The molecule has 0 aliphatic rings. The molecular weight excluding hydrogens is 376 g/mol. The Morgan fingerprint density at radius 1 is 1.10 bits per heavy atom. The summed E-state index contributed by atoms with van der Waals surface area (Å²) >= 11 is 0. The highest BCUT2D eigenvalue weighted by molar-refractivity contribution is 5.98. The smallest absolute Gasteiger partial charge is 0.329 e. The number of aryl methyl sites for hydroxylation is 1. The molecule has 0 spiro atoms. The fourth-order valence-corrected chi connectivity index (χ4v) is 2.57. The van der Waals surface area contributed by atoms with Gasteiger partial charge in [-0.25, -0.2) is 4.79 Å². The van der Waals surface area contributed by atoms with Crippen LogP contribution in [0, 0.1) is 12.8 Å². The van der Waals surface area contributed by atoms with Gasteiger partial charge in [-0.2, -0.15) is 0 Å². The Labute approximate surface area is 169 Å². The van der Waals surface area contributed by atoms with Gasteiger partial charge in [-0.05, 0) is 49.6 Å². The number of nitrogens with one attached hydrogen (secondary N) is 2. The molecule has 8 nitrogen and oxygen atoms in total. The van der Waals surface area contributed by atoms with Gasteiger partial charge in [0.15, 0.2) is 11.9 Å². The summed E-state index contributed by atoms with van der Waals surface area (Å²) in [5, 5.41) is 5.27. The third kappa shape index (κ3) is 5.84. The van der Waals surface area contributed by atoms with Gasteiger partial charge < -0.3 is 24.5 Å². The largest absolute Gasteiger partial charge is 0.495 e. The molecule has 0 bridgehead atoms. The summed E-state index contributed by atoms with van der Waals surface area (Å²) in [6, 6.07) is 7.47. The second-order valence-corrected chi connectivity index (χ2v) is 6.94. The van der Waals surface area contributed by atoms with Crippen molar-refractivity contribution in [2.24, 2.45) is 5.92 Å². The van der Waals surface area contributed by atoms with Crippen molar-refractivity contribution in [2.45, 2.75) is 39.8 Å². The molecule has 1 aromatic carbocycles. The second kappa shape index (κ2) is 9.77. The predicted octanol–water partition coefficient (Wildman–Crippen LogP) is 2.92. The van der Waals surface area contributed by atoms with E-state index >= 15 is 0 Å². The van der Waals surface area contributed by atoms with Crippen LogP contribution in [0.25, 0.3) is 0 Å². The zero-order valence-corrected chi connectivity index (χ0v) is 17.1. The fourth-order valence-electron chi connectivity index (χ4n) is 2.57. The van der Waals surface area contributed by atoms with E-state index in [2.05, 4.69) is 10.6 Å². The number of ether oxygens (including phenoxy) is 2. The van der Waals surface area contributed by atoms with Gasteiger partial charge in [-0.3, -0.25) is 9.59 Å². The Kier molecular flexibility index (Phi) is 7.41. The number of furan rings is 1. The molecule has 0 unspecified atom stereocenters. The van der Waals surface area contributed by atoms with Crippen LogP contribution in [-0.2, 0) is 14.3 Å². The van der Waals surface area contributed by atoms with Gasteiger partial charge in [0, 0.05) is 0 Å². The van der Waals surface area contributed by atoms with Gasteiger partial charge in [0.25, 0.3) is 11.8 Å². The number of rotatable bonds is 8. The lowest BCUT2D eigenvalue weighted by Gasteiger charge is -2.22. The van der Waals surface area contributed by atoms with Crippen molar-refractivity contribution in [2.75, 3.05) is 12.4 Å². The maximum absolute atomic E-state index is 12.6. The molecule has 2 N–H and O–H groups in total. The van der Waals surface area contributed by atoms with Crippen LogP contribution in [0.3, 0.4) is 0 Å². The zero-order valence-electron chi connectivity index (χ0n) is 17.1. The quantitative estimate of drug-likeness (QED) is 0.658. The summed E-state index contributed by atoms with van der Waals surface area (Å²) < 4.78 is 15.6. The number of hydrogen-bond donors (Lipinski definition) is 2. The molecule has 1 heterocycles. The van der Waals surface area contributed by atoms with Crippen LogP contribution in [-0.4, -0.2) is 37.0 Å². The molecule has 2 aromatic rings. The first-order chi connectivity index (χ1) is 13.7. The van der Waals surface area contributed by atoms with E-state index in [4.69, 9.17) is 13.9 Å². The van der Waals surface area contributed by atoms with E-state index < -0.39 is 29.9 Å². The van der Waals surface area contributed by atoms with Crippen molar-refractivity contribution < 1.29 is 28.3 Å². The number of carbonyl (C=O) groups excluding carboxylic acids is 3. The van der Waals surface area contributed by atoms with Crippen molar-refractivity contribution in [3.63, 3.8) is 0 Å². The summed E-state index contributed by atoms with van der Waals surface area (Å²) in [7, 11) is 1.50. The molecule has 0 aliphatic heterocycles. The highest BCUT2D eigenvalue weighted by atomic mass is 16.5. The summed E-state index contributed by atoms with van der Waals surface area (Å²) in [5.74, 6) is -1.43. The van der Waals surface area contributed by atoms with Crippen molar-refractivity contribution in [3.8, 4) is 5.75 Å². The van der Waals surface area contributed by atoms with Gasteiger partial charge >= 0.3 is 5.97 Å². The number of hydrogen-bond acceptors (Lipinski definition) is 6.